The largest absolute Gasteiger partial charge is 0.507 e. The van der Waals surface area contributed by atoms with Crippen LogP contribution in [0.4, 0.5) is 0 Å². The molecule has 0 aliphatic carbocycles. The van der Waals surface area contributed by atoms with Crippen LogP contribution in [0.15, 0.2) is 53.4 Å². The molecule has 2 heterocycles. The second-order valence-electron chi connectivity index (χ2n) is 7.74. The molecule has 2 aromatic carbocycles. The van der Waals surface area contributed by atoms with Crippen LogP contribution in [0.1, 0.15) is 37.8 Å². The first kappa shape index (κ1) is 20.9. The molecule has 0 amide bonds. The summed E-state index contributed by atoms with van der Waals surface area (Å²) in [6.45, 7) is 6.25. The molecule has 0 saturated carbocycles. The van der Waals surface area contributed by atoms with Crippen molar-refractivity contribution in [3.05, 3.63) is 59.7 Å². The minimum Gasteiger partial charge on any atom is -0.507 e. The maximum absolute atomic E-state index is 12.8. The smallest absolute Gasteiger partial charge is 0.243 e. The van der Waals surface area contributed by atoms with E-state index in [9.17, 15) is 13.5 Å². The van der Waals surface area contributed by atoms with Crippen LogP contribution in [-0.2, 0) is 10.0 Å². The van der Waals surface area contributed by atoms with E-state index in [4.69, 9.17) is 4.74 Å². The van der Waals surface area contributed by atoms with Gasteiger partial charge in [-0.2, -0.15) is 4.31 Å². The molecule has 1 spiro atoms. The first-order valence-electron chi connectivity index (χ1n) is 10.5. The molecule has 7 heteroatoms. The van der Waals surface area contributed by atoms with E-state index in [1.165, 1.54) is 4.31 Å². The van der Waals surface area contributed by atoms with Gasteiger partial charge in [-0.1, -0.05) is 32.0 Å². The Morgan fingerprint density at radius 3 is 2.37 bits per heavy atom. The Kier molecular flexibility index (Phi) is 5.61. The highest BCUT2D eigenvalue weighted by molar-refractivity contribution is 7.89. The molecule has 0 bridgehead atoms. The molecule has 0 atom stereocenters. The van der Waals surface area contributed by atoms with Gasteiger partial charge in [0.15, 0.2) is 0 Å². The second kappa shape index (κ2) is 8.06. The molecule has 6 nitrogen and oxygen atoms in total. The predicted octanol–water partition coefficient (Wildman–Crippen LogP) is 3.37. The van der Waals surface area contributed by atoms with Crippen molar-refractivity contribution in [2.75, 3.05) is 26.2 Å². The maximum atomic E-state index is 12.8. The topological polar surface area (TPSA) is 78.9 Å². The number of fused-ring (bicyclic) bond motifs is 1. The van der Waals surface area contributed by atoms with E-state index in [1.54, 1.807) is 24.3 Å². The average Bonchev–Trinajstić information content (AvgIpc) is 2.74. The van der Waals surface area contributed by atoms with Crippen molar-refractivity contribution >= 4 is 15.6 Å². The Balaban J connectivity index is 1.78. The molecule has 0 radical (unpaired) electrons. The van der Waals surface area contributed by atoms with Crippen molar-refractivity contribution in [3.63, 3.8) is 0 Å². The van der Waals surface area contributed by atoms with Crippen LogP contribution in [0.2, 0.25) is 0 Å². The summed E-state index contributed by atoms with van der Waals surface area (Å²) in [6, 6.07) is 12.2. The van der Waals surface area contributed by atoms with Crippen LogP contribution in [-0.4, -0.2) is 49.6 Å². The number of phenolic OH excluding ortho intramolecular Hbond substituents is 1. The van der Waals surface area contributed by atoms with Crippen molar-refractivity contribution in [1.29, 1.82) is 0 Å². The minimum atomic E-state index is -3.51. The van der Waals surface area contributed by atoms with Gasteiger partial charge >= 0.3 is 0 Å². The van der Waals surface area contributed by atoms with Crippen molar-refractivity contribution < 1.29 is 18.3 Å². The molecule has 1 fully saturated rings. The van der Waals surface area contributed by atoms with Crippen LogP contribution in [0.5, 0.6) is 11.5 Å². The number of aromatic hydroxyl groups is 1. The van der Waals surface area contributed by atoms with Crippen molar-refractivity contribution in [2.45, 2.75) is 37.2 Å². The van der Waals surface area contributed by atoms with Crippen LogP contribution in [0.3, 0.4) is 0 Å². The molecule has 2 N–H and O–H groups in total. The van der Waals surface area contributed by atoms with Crippen molar-refractivity contribution in [1.82, 2.24) is 9.62 Å². The zero-order chi connectivity index (χ0) is 21.4. The quantitative estimate of drug-likeness (QED) is 0.763. The number of phenols is 1. The molecule has 30 heavy (non-hydrogen) atoms. The number of sulfonamides is 1. The highest BCUT2D eigenvalue weighted by Gasteiger charge is 2.38. The number of ether oxygens (including phenoxy) is 1. The number of hydrogen-bond donors (Lipinski definition) is 2. The van der Waals surface area contributed by atoms with Crippen LogP contribution in [0.25, 0.3) is 5.57 Å². The predicted molar refractivity (Wildman–Crippen MR) is 117 cm³/mol. The lowest BCUT2D eigenvalue weighted by Crippen LogP contribution is -2.46. The van der Waals surface area contributed by atoms with E-state index in [0.717, 1.165) is 37.1 Å². The summed E-state index contributed by atoms with van der Waals surface area (Å²) in [5.74, 6) is 0.816. The number of piperidine rings is 1. The summed E-state index contributed by atoms with van der Waals surface area (Å²) in [5, 5.41) is 13.9. The second-order valence-corrected chi connectivity index (χ2v) is 9.68. The fourth-order valence-electron chi connectivity index (χ4n) is 4.30. The summed E-state index contributed by atoms with van der Waals surface area (Å²) in [4.78, 5) is 0.275. The van der Waals surface area contributed by atoms with Gasteiger partial charge in [-0.15, -0.1) is 0 Å². The van der Waals surface area contributed by atoms with Gasteiger partial charge in [0.25, 0.3) is 0 Å². The van der Waals surface area contributed by atoms with E-state index in [2.05, 4.69) is 11.4 Å². The molecule has 2 aliphatic rings. The van der Waals surface area contributed by atoms with Crippen molar-refractivity contribution in [2.24, 2.45) is 0 Å². The third-order valence-electron chi connectivity index (χ3n) is 5.95. The van der Waals surface area contributed by atoms with Crippen LogP contribution >= 0.6 is 0 Å². The number of benzene rings is 2. The molecule has 0 unspecified atom stereocenters. The van der Waals surface area contributed by atoms with Crippen molar-refractivity contribution in [3.8, 4) is 11.5 Å². The van der Waals surface area contributed by atoms with E-state index in [1.807, 2.05) is 32.0 Å². The van der Waals surface area contributed by atoms with Gasteiger partial charge in [-0.05, 0) is 54.6 Å². The average molecular weight is 429 g/mol. The highest BCUT2D eigenvalue weighted by Crippen LogP contribution is 2.46. The van der Waals surface area contributed by atoms with E-state index in [-0.39, 0.29) is 10.6 Å². The summed E-state index contributed by atoms with van der Waals surface area (Å²) >= 11 is 0. The monoisotopic (exact) mass is 428 g/mol. The number of hydrogen-bond acceptors (Lipinski definition) is 5. The lowest BCUT2D eigenvalue weighted by Gasteiger charge is -2.40. The van der Waals surface area contributed by atoms with E-state index < -0.39 is 15.6 Å². The number of rotatable bonds is 5. The molecular weight excluding hydrogens is 400 g/mol. The van der Waals surface area contributed by atoms with Crippen LogP contribution in [0, 0.1) is 0 Å². The van der Waals surface area contributed by atoms with Gasteiger partial charge in [-0.3, -0.25) is 0 Å². The molecule has 2 aromatic rings. The lowest BCUT2D eigenvalue weighted by molar-refractivity contribution is 0.0813. The molecule has 1 saturated heterocycles. The van der Waals surface area contributed by atoms with Gasteiger partial charge in [0.2, 0.25) is 10.0 Å². The summed E-state index contributed by atoms with van der Waals surface area (Å²) in [7, 11) is -3.51. The molecular formula is C23H28N2O4S. The summed E-state index contributed by atoms with van der Waals surface area (Å²) in [5.41, 5.74) is 1.97. The highest BCUT2D eigenvalue weighted by atomic mass is 32.2. The molecule has 160 valence electrons. The van der Waals surface area contributed by atoms with E-state index >= 15 is 0 Å². The van der Waals surface area contributed by atoms with Gasteiger partial charge in [0, 0.05) is 25.9 Å². The Labute approximate surface area is 178 Å². The van der Waals surface area contributed by atoms with E-state index in [0.29, 0.717) is 24.4 Å². The Morgan fingerprint density at radius 1 is 1.07 bits per heavy atom. The normalized spacial score (nSPS) is 18.0. The molecule has 0 aromatic heterocycles. The third kappa shape index (κ3) is 3.62. The Hall–Kier alpha value is -2.35. The summed E-state index contributed by atoms with van der Waals surface area (Å²) < 4.78 is 33.4. The fraction of sp³-hybridized carbons (Fsp3) is 0.391. The van der Waals surface area contributed by atoms with Gasteiger partial charge in [0.05, 0.1) is 10.5 Å². The zero-order valence-corrected chi connectivity index (χ0v) is 18.2. The van der Waals surface area contributed by atoms with Gasteiger partial charge in [-0.25, -0.2) is 8.42 Å². The Bertz CT molecular complexity index is 1050. The zero-order valence-electron chi connectivity index (χ0n) is 17.4. The molecule has 2 aliphatic heterocycles. The van der Waals surface area contributed by atoms with Gasteiger partial charge in [0.1, 0.15) is 17.1 Å². The van der Waals surface area contributed by atoms with Crippen LogP contribution < -0.4 is 10.1 Å². The number of nitrogens with zero attached hydrogens (tertiary/aromatic N) is 1. The first-order chi connectivity index (χ1) is 14.4. The van der Waals surface area contributed by atoms with Gasteiger partial charge < -0.3 is 15.2 Å². The SMILES string of the molecule is CCN(CC)S(=O)(=O)c1ccc(C2=CC3(CCNCC3)Oc3cccc(O)c32)cc1. The minimum absolute atomic E-state index is 0.155. The molecule has 4 rings (SSSR count). The number of nitrogens with one attached hydrogen (secondary N) is 1. The first-order valence-corrected chi connectivity index (χ1v) is 11.9. The lowest BCUT2D eigenvalue weighted by atomic mass is 9.83. The summed E-state index contributed by atoms with van der Waals surface area (Å²) in [6.07, 6.45) is 3.77. The fourth-order valence-corrected chi connectivity index (χ4v) is 5.76. The standard InChI is InChI=1S/C23H28N2O4S/c1-3-25(4-2)30(27,28)18-10-8-17(9-11-18)19-16-23(12-14-24-15-13-23)29-21-7-5-6-20(26)22(19)21/h5-11,16,24,26H,3-4,12-15H2,1-2H3. The Morgan fingerprint density at radius 2 is 1.73 bits per heavy atom. The maximum Gasteiger partial charge on any atom is 0.243 e. The third-order valence-corrected chi connectivity index (χ3v) is 8.02.